The van der Waals surface area contributed by atoms with E-state index in [9.17, 15) is 9.90 Å². The van der Waals surface area contributed by atoms with Crippen molar-refractivity contribution < 1.29 is 14.6 Å². The Bertz CT molecular complexity index is 1030. The van der Waals surface area contributed by atoms with E-state index in [4.69, 9.17) is 16.3 Å². The highest BCUT2D eigenvalue weighted by Gasteiger charge is 2.32. The lowest BCUT2D eigenvalue weighted by atomic mass is 9.97. The Hall–Kier alpha value is -2.42. The Morgan fingerprint density at radius 3 is 2.81 bits per heavy atom. The van der Waals surface area contributed by atoms with Crippen LogP contribution in [0.1, 0.15) is 40.9 Å². The number of fused-ring (bicyclic) bond motifs is 2. The predicted molar refractivity (Wildman–Crippen MR) is 121 cm³/mol. The van der Waals surface area contributed by atoms with Crippen LogP contribution in [0, 0.1) is 5.92 Å². The molecule has 3 aliphatic rings. The van der Waals surface area contributed by atoms with Crippen LogP contribution in [0.3, 0.4) is 0 Å². The fraction of sp³-hybridized carbons (Fsp3) is 0.522. The zero-order valence-corrected chi connectivity index (χ0v) is 18.9. The number of amides is 2. The largest absolute Gasteiger partial charge is 0.396 e. The summed E-state index contributed by atoms with van der Waals surface area (Å²) in [5.74, 6) is 0.968. The molecule has 1 aromatic carbocycles. The summed E-state index contributed by atoms with van der Waals surface area (Å²) in [6, 6.07) is 6.36. The molecular formula is C23H28ClN5O3. The number of ether oxygens (including phenoxy) is 1. The molecule has 1 fully saturated rings. The second-order valence-corrected chi connectivity index (χ2v) is 9.15. The highest BCUT2D eigenvalue weighted by Crippen LogP contribution is 2.35. The van der Waals surface area contributed by atoms with Crippen LogP contribution in [0.15, 0.2) is 18.2 Å². The molecule has 2 aliphatic heterocycles. The van der Waals surface area contributed by atoms with E-state index < -0.39 is 0 Å². The van der Waals surface area contributed by atoms with Gasteiger partial charge in [-0.2, -0.15) is 0 Å². The van der Waals surface area contributed by atoms with Gasteiger partial charge < -0.3 is 25.0 Å². The number of nitrogens with one attached hydrogen (secondary N) is 1. The Kier molecular flexibility index (Phi) is 5.92. The normalized spacial score (nSPS) is 20.8. The fourth-order valence-corrected chi connectivity index (χ4v) is 5.20. The number of morpholine rings is 1. The van der Waals surface area contributed by atoms with E-state index in [-0.39, 0.29) is 29.9 Å². The number of urea groups is 1. The minimum Gasteiger partial charge on any atom is -0.396 e. The number of carbonyl (C=O) groups excluding carboxylic acids is 1. The molecule has 0 spiro atoms. The number of aliphatic hydroxyl groups excluding tert-OH is 1. The predicted octanol–water partition coefficient (Wildman–Crippen LogP) is 2.78. The van der Waals surface area contributed by atoms with Gasteiger partial charge in [0.05, 0.1) is 38.0 Å². The third kappa shape index (κ3) is 4.02. The van der Waals surface area contributed by atoms with Crippen LogP contribution in [0.5, 0.6) is 0 Å². The molecule has 2 aromatic rings. The van der Waals surface area contributed by atoms with Crippen LogP contribution >= 0.6 is 11.6 Å². The lowest BCUT2D eigenvalue weighted by Crippen LogP contribution is -2.46. The number of halogens is 1. The third-order valence-corrected chi connectivity index (χ3v) is 6.86. The van der Waals surface area contributed by atoms with Gasteiger partial charge >= 0.3 is 6.03 Å². The van der Waals surface area contributed by atoms with E-state index in [1.165, 1.54) is 16.7 Å². The Morgan fingerprint density at radius 1 is 1.22 bits per heavy atom. The van der Waals surface area contributed by atoms with Gasteiger partial charge in [0.2, 0.25) is 5.28 Å². The van der Waals surface area contributed by atoms with Crippen LogP contribution < -0.4 is 5.32 Å². The molecule has 1 saturated heterocycles. The van der Waals surface area contributed by atoms with Crippen molar-refractivity contribution >= 4 is 23.4 Å². The van der Waals surface area contributed by atoms with E-state index >= 15 is 0 Å². The number of nitrogens with zero attached hydrogens (tertiary/aromatic N) is 4. The van der Waals surface area contributed by atoms with E-state index in [2.05, 4.69) is 40.4 Å². The molecule has 9 heteroatoms. The summed E-state index contributed by atoms with van der Waals surface area (Å²) in [6.45, 7) is 5.55. The molecule has 1 aliphatic carbocycles. The van der Waals surface area contributed by atoms with Crippen LogP contribution in [0.4, 0.5) is 10.6 Å². The highest BCUT2D eigenvalue weighted by molar-refractivity contribution is 6.28. The standard InChI is InChI=1S/C23H28ClN5O3/c1-14(17-4-2-3-16-9-15(13-30)10-18(16)17)25-21-19-11-29(12-20(19)26-22(24)27-21)23(31)28-5-7-32-8-6-28/h2-4,14-15,30H,5-13H2,1H3,(H,25,26,27)/t14-,15+/m1/s1. The van der Waals surface area contributed by atoms with Gasteiger partial charge in [-0.05, 0) is 54.0 Å². The third-order valence-electron chi connectivity index (χ3n) is 6.70. The topological polar surface area (TPSA) is 90.8 Å². The molecule has 170 valence electrons. The van der Waals surface area contributed by atoms with Crippen molar-refractivity contribution in [2.24, 2.45) is 5.92 Å². The molecule has 0 unspecified atom stereocenters. The molecular weight excluding hydrogens is 430 g/mol. The summed E-state index contributed by atoms with van der Waals surface area (Å²) in [7, 11) is 0. The zero-order valence-electron chi connectivity index (χ0n) is 18.2. The quantitative estimate of drug-likeness (QED) is 0.686. The van der Waals surface area contributed by atoms with Crippen molar-refractivity contribution in [2.75, 3.05) is 38.2 Å². The van der Waals surface area contributed by atoms with Gasteiger partial charge in [0, 0.05) is 25.3 Å². The summed E-state index contributed by atoms with van der Waals surface area (Å²) < 4.78 is 5.36. The number of rotatable bonds is 4. The van der Waals surface area contributed by atoms with Crippen molar-refractivity contribution in [3.05, 3.63) is 51.4 Å². The molecule has 2 atom stereocenters. The summed E-state index contributed by atoms with van der Waals surface area (Å²) in [5.41, 5.74) is 5.54. The maximum Gasteiger partial charge on any atom is 0.320 e. The molecule has 1 aromatic heterocycles. The number of hydrogen-bond donors (Lipinski definition) is 2. The van der Waals surface area contributed by atoms with Gasteiger partial charge in [0.15, 0.2) is 0 Å². The number of aromatic nitrogens is 2. The van der Waals surface area contributed by atoms with Crippen LogP contribution in [-0.2, 0) is 30.7 Å². The second-order valence-electron chi connectivity index (χ2n) is 8.81. The van der Waals surface area contributed by atoms with Gasteiger partial charge in [-0.15, -0.1) is 0 Å². The molecule has 0 saturated carbocycles. The van der Waals surface area contributed by atoms with Crippen LogP contribution in [0.2, 0.25) is 5.28 Å². The summed E-state index contributed by atoms with van der Waals surface area (Å²) in [5, 5.41) is 13.3. The molecule has 5 rings (SSSR count). The lowest BCUT2D eigenvalue weighted by Gasteiger charge is -2.30. The average Bonchev–Trinajstić information content (AvgIpc) is 3.43. The number of anilines is 1. The lowest BCUT2D eigenvalue weighted by molar-refractivity contribution is 0.0429. The second kappa shape index (κ2) is 8.84. The zero-order chi connectivity index (χ0) is 22.2. The molecule has 0 bridgehead atoms. The number of carbonyl (C=O) groups is 1. The highest BCUT2D eigenvalue weighted by atomic mass is 35.5. The first kappa shape index (κ1) is 21.4. The van der Waals surface area contributed by atoms with Crippen molar-refractivity contribution in [2.45, 2.75) is 38.9 Å². The summed E-state index contributed by atoms with van der Waals surface area (Å²) in [4.78, 5) is 25.5. The van der Waals surface area contributed by atoms with Crippen LogP contribution in [-0.4, -0.2) is 63.8 Å². The van der Waals surface area contributed by atoms with E-state index in [0.29, 0.717) is 45.2 Å². The van der Waals surface area contributed by atoms with Crippen molar-refractivity contribution in [3.8, 4) is 0 Å². The van der Waals surface area contributed by atoms with Crippen molar-refractivity contribution in [1.82, 2.24) is 19.8 Å². The Balaban J connectivity index is 1.36. The molecule has 2 N–H and O–H groups in total. The van der Waals surface area contributed by atoms with E-state index in [1.54, 1.807) is 4.90 Å². The van der Waals surface area contributed by atoms with Gasteiger partial charge in [-0.1, -0.05) is 18.2 Å². The van der Waals surface area contributed by atoms with E-state index in [0.717, 1.165) is 24.1 Å². The summed E-state index contributed by atoms with van der Waals surface area (Å²) in [6.07, 6.45) is 1.80. The molecule has 0 radical (unpaired) electrons. The van der Waals surface area contributed by atoms with Crippen molar-refractivity contribution in [1.29, 1.82) is 0 Å². The van der Waals surface area contributed by atoms with Crippen molar-refractivity contribution in [3.63, 3.8) is 0 Å². The van der Waals surface area contributed by atoms with Gasteiger partial charge in [0.1, 0.15) is 5.82 Å². The van der Waals surface area contributed by atoms with E-state index in [1.807, 2.05) is 4.90 Å². The van der Waals surface area contributed by atoms with Crippen LogP contribution in [0.25, 0.3) is 0 Å². The minimum absolute atomic E-state index is 0.00135. The number of hydrogen-bond acceptors (Lipinski definition) is 6. The smallest absolute Gasteiger partial charge is 0.320 e. The Labute approximate surface area is 192 Å². The average molecular weight is 458 g/mol. The molecule has 32 heavy (non-hydrogen) atoms. The van der Waals surface area contributed by atoms with Gasteiger partial charge in [-0.3, -0.25) is 0 Å². The molecule has 3 heterocycles. The maximum absolute atomic E-state index is 13.0. The fourth-order valence-electron chi connectivity index (χ4n) is 5.02. The first-order chi connectivity index (χ1) is 15.5. The van der Waals surface area contributed by atoms with Gasteiger partial charge in [0.25, 0.3) is 0 Å². The first-order valence-corrected chi connectivity index (χ1v) is 11.6. The maximum atomic E-state index is 13.0. The Morgan fingerprint density at radius 2 is 2.03 bits per heavy atom. The molecule has 2 amide bonds. The first-order valence-electron chi connectivity index (χ1n) is 11.2. The number of aliphatic hydroxyl groups is 1. The summed E-state index contributed by atoms with van der Waals surface area (Å²) >= 11 is 6.25. The minimum atomic E-state index is -0.00246. The van der Waals surface area contributed by atoms with Gasteiger partial charge in [-0.25, -0.2) is 14.8 Å². The molecule has 8 nitrogen and oxygen atoms in total. The SMILES string of the molecule is C[C@@H](Nc1nc(Cl)nc2c1CN(C(=O)N1CCOCC1)C2)c1cccc2c1C[C@@H](CO)C2. The monoisotopic (exact) mass is 457 g/mol. The number of benzene rings is 1.